The molecule has 7 nitrogen and oxygen atoms in total. The number of benzene rings is 1. The molecule has 0 fully saturated rings. The van der Waals surface area contributed by atoms with Crippen LogP contribution in [0, 0.1) is 0 Å². The van der Waals surface area contributed by atoms with E-state index in [2.05, 4.69) is 9.69 Å². The second-order valence-electron chi connectivity index (χ2n) is 5.22. The van der Waals surface area contributed by atoms with Gasteiger partial charge in [-0.2, -0.15) is 4.37 Å². The molecule has 2 N–H and O–H groups in total. The van der Waals surface area contributed by atoms with E-state index in [1.54, 1.807) is 12.1 Å². The van der Waals surface area contributed by atoms with Gasteiger partial charge in [0.1, 0.15) is 0 Å². The van der Waals surface area contributed by atoms with Gasteiger partial charge in [0.15, 0.2) is 15.5 Å². The summed E-state index contributed by atoms with van der Waals surface area (Å²) in [5.41, 5.74) is 0.806. The van der Waals surface area contributed by atoms with Crippen LogP contribution in [-0.4, -0.2) is 36.0 Å². The Kier molecular flexibility index (Phi) is 3.69. The molecule has 1 aromatic heterocycles. The minimum Gasteiger partial charge on any atom is -0.476 e. The molecule has 1 amide bonds. The van der Waals surface area contributed by atoms with Crippen molar-refractivity contribution in [2.45, 2.75) is 17.2 Å². The fourth-order valence-electron chi connectivity index (χ4n) is 2.49. The molecule has 0 aliphatic carbocycles. The van der Waals surface area contributed by atoms with E-state index in [1.807, 2.05) is 0 Å². The number of sulfone groups is 1. The molecule has 0 radical (unpaired) electrons. The van der Waals surface area contributed by atoms with Crippen LogP contribution >= 0.6 is 11.5 Å². The maximum Gasteiger partial charge on any atom is 0.357 e. The Labute approximate surface area is 136 Å². The number of carboxylic acids is 1. The molecule has 1 aliphatic rings. The molecule has 1 aliphatic heterocycles. The second-order valence-corrected chi connectivity index (χ2v) is 8.04. The van der Waals surface area contributed by atoms with Gasteiger partial charge in [0.05, 0.1) is 15.5 Å². The number of aromatic carboxylic acids is 1. The van der Waals surface area contributed by atoms with Crippen molar-refractivity contribution >= 4 is 38.9 Å². The molecule has 1 atom stereocenters. The molecular formula is C14H12N2O5S2. The first-order chi connectivity index (χ1) is 10.8. The van der Waals surface area contributed by atoms with Gasteiger partial charge in [-0.15, -0.1) is 0 Å². The number of nitrogens with zero attached hydrogens (tertiary/aromatic N) is 1. The molecule has 0 bridgehead atoms. The van der Waals surface area contributed by atoms with Gasteiger partial charge < -0.3 is 10.4 Å². The first-order valence-corrected chi connectivity index (χ1v) is 9.26. The summed E-state index contributed by atoms with van der Waals surface area (Å²) < 4.78 is 26.9. The van der Waals surface area contributed by atoms with Crippen molar-refractivity contribution in [2.75, 3.05) is 11.6 Å². The van der Waals surface area contributed by atoms with Gasteiger partial charge in [0.2, 0.25) is 5.91 Å². The molecule has 23 heavy (non-hydrogen) atoms. The van der Waals surface area contributed by atoms with Crippen molar-refractivity contribution in [3.63, 3.8) is 0 Å². The Morgan fingerprint density at radius 3 is 2.57 bits per heavy atom. The van der Waals surface area contributed by atoms with Gasteiger partial charge in [-0.3, -0.25) is 4.79 Å². The molecule has 3 rings (SSSR count). The maximum absolute atomic E-state index is 11.9. The maximum atomic E-state index is 11.9. The first-order valence-electron chi connectivity index (χ1n) is 6.60. The highest BCUT2D eigenvalue weighted by Gasteiger charge is 2.33. The third-order valence-electron chi connectivity index (χ3n) is 3.60. The molecule has 0 saturated carbocycles. The van der Waals surface area contributed by atoms with Crippen molar-refractivity contribution in [3.05, 3.63) is 40.4 Å². The topological polar surface area (TPSA) is 113 Å². The standard InChI is InChI=1S/C14H12N2O5S2/c1-23(20,21)8-4-2-7(3-5-8)9-6-10(17)15-11-12(14(18)19)16-22-13(9)11/h2-5,9H,6H2,1H3,(H,15,17)(H,18,19)/t9-/m0/s1. The quantitative estimate of drug-likeness (QED) is 0.869. The van der Waals surface area contributed by atoms with E-state index in [0.29, 0.717) is 4.88 Å². The van der Waals surface area contributed by atoms with Crippen LogP contribution in [0.1, 0.15) is 33.3 Å². The van der Waals surface area contributed by atoms with Gasteiger partial charge in [0, 0.05) is 18.6 Å². The van der Waals surface area contributed by atoms with Crippen molar-refractivity contribution < 1.29 is 23.1 Å². The van der Waals surface area contributed by atoms with E-state index in [1.165, 1.54) is 12.1 Å². The highest BCUT2D eigenvalue weighted by molar-refractivity contribution is 7.90. The molecule has 0 unspecified atom stereocenters. The highest BCUT2D eigenvalue weighted by atomic mass is 32.2. The van der Waals surface area contributed by atoms with E-state index in [0.717, 1.165) is 23.4 Å². The number of aromatic nitrogens is 1. The van der Waals surface area contributed by atoms with Crippen LogP contribution in [0.2, 0.25) is 0 Å². The van der Waals surface area contributed by atoms with Crippen LogP contribution in [0.15, 0.2) is 29.2 Å². The van der Waals surface area contributed by atoms with Crippen molar-refractivity contribution in [3.8, 4) is 0 Å². The summed E-state index contributed by atoms with van der Waals surface area (Å²) in [5, 5.41) is 11.7. The Hall–Kier alpha value is -2.26. The zero-order valence-corrected chi connectivity index (χ0v) is 13.6. The molecule has 9 heteroatoms. The van der Waals surface area contributed by atoms with Crippen LogP contribution < -0.4 is 5.32 Å². The molecule has 0 saturated heterocycles. The molecule has 120 valence electrons. The minimum atomic E-state index is -3.30. The van der Waals surface area contributed by atoms with Crippen molar-refractivity contribution in [1.29, 1.82) is 0 Å². The van der Waals surface area contributed by atoms with E-state index < -0.39 is 15.8 Å². The highest BCUT2D eigenvalue weighted by Crippen LogP contribution is 2.41. The number of amides is 1. The summed E-state index contributed by atoms with van der Waals surface area (Å²) in [6.07, 6.45) is 1.28. The largest absolute Gasteiger partial charge is 0.476 e. The van der Waals surface area contributed by atoms with E-state index in [4.69, 9.17) is 5.11 Å². The number of fused-ring (bicyclic) bond motifs is 1. The lowest BCUT2D eigenvalue weighted by atomic mass is 9.90. The normalized spacial score (nSPS) is 17.4. The van der Waals surface area contributed by atoms with Crippen molar-refractivity contribution in [1.82, 2.24) is 4.37 Å². The predicted molar refractivity (Wildman–Crippen MR) is 83.7 cm³/mol. The lowest BCUT2D eigenvalue weighted by molar-refractivity contribution is -0.116. The lowest BCUT2D eigenvalue weighted by Crippen LogP contribution is -2.23. The number of nitrogens with one attached hydrogen (secondary N) is 1. The Balaban J connectivity index is 2.05. The number of carbonyl (C=O) groups is 2. The first kappa shape index (κ1) is 15.6. The molecule has 1 aromatic carbocycles. The van der Waals surface area contributed by atoms with Gasteiger partial charge in [0.25, 0.3) is 0 Å². The van der Waals surface area contributed by atoms with Gasteiger partial charge in [-0.1, -0.05) is 12.1 Å². The van der Waals surface area contributed by atoms with E-state index >= 15 is 0 Å². The number of hydrogen-bond donors (Lipinski definition) is 2. The number of carboxylic acid groups (broad SMARTS) is 1. The Morgan fingerprint density at radius 2 is 2.00 bits per heavy atom. The van der Waals surface area contributed by atoms with Crippen LogP contribution in [0.5, 0.6) is 0 Å². The van der Waals surface area contributed by atoms with Gasteiger partial charge in [-0.05, 0) is 29.2 Å². The Bertz CT molecular complexity index is 900. The third kappa shape index (κ3) is 2.84. The predicted octanol–water partition coefficient (Wildman–Crippen LogP) is 1.72. The minimum absolute atomic E-state index is 0.159. The fourth-order valence-corrected chi connectivity index (χ4v) is 4.07. The fraction of sp³-hybridized carbons (Fsp3) is 0.214. The van der Waals surface area contributed by atoms with E-state index in [9.17, 15) is 18.0 Å². The van der Waals surface area contributed by atoms with Crippen LogP contribution in [0.25, 0.3) is 0 Å². The lowest BCUT2D eigenvalue weighted by Gasteiger charge is -2.22. The monoisotopic (exact) mass is 352 g/mol. The van der Waals surface area contributed by atoms with Gasteiger partial charge >= 0.3 is 5.97 Å². The number of rotatable bonds is 3. The summed E-state index contributed by atoms with van der Waals surface area (Å²) in [6, 6.07) is 6.25. The van der Waals surface area contributed by atoms with E-state index in [-0.39, 0.29) is 34.5 Å². The second kappa shape index (κ2) is 5.43. The average Bonchev–Trinajstić information content (AvgIpc) is 2.89. The van der Waals surface area contributed by atoms with Crippen LogP contribution in [0.4, 0.5) is 5.69 Å². The zero-order valence-electron chi connectivity index (χ0n) is 11.9. The third-order valence-corrected chi connectivity index (χ3v) is 5.69. The van der Waals surface area contributed by atoms with Crippen LogP contribution in [-0.2, 0) is 14.6 Å². The number of anilines is 1. The smallest absolute Gasteiger partial charge is 0.357 e. The summed E-state index contributed by atoms with van der Waals surface area (Å²) >= 11 is 1.03. The number of carbonyl (C=O) groups excluding carboxylic acids is 1. The van der Waals surface area contributed by atoms with Gasteiger partial charge in [-0.25, -0.2) is 13.2 Å². The average molecular weight is 352 g/mol. The number of hydrogen-bond acceptors (Lipinski definition) is 6. The molecule has 2 heterocycles. The zero-order chi connectivity index (χ0) is 16.8. The SMILES string of the molecule is CS(=O)(=O)c1ccc([C@@H]2CC(=O)Nc3c(C(=O)O)nsc32)cc1. The molecule has 2 aromatic rings. The summed E-state index contributed by atoms with van der Waals surface area (Å²) in [5.74, 6) is -1.83. The summed E-state index contributed by atoms with van der Waals surface area (Å²) in [4.78, 5) is 23.9. The van der Waals surface area contributed by atoms with Crippen LogP contribution in [0.3, 0.4) is 0 Å². The molecule has 0 spiro atoms. The van der Waals surface area contributed by atoms with Crippen molar-refractivity contribution in [2.24, 2.45) is 0 Å². The molecular weight excluding hydrogens is 340 g/mol. The Morgan fingerprint density at radius 1 is 1.35 bits per heavy atom. The summed E-state index contributed by atoms with van der Waals surface area (Å²) in [6.45, 7) is 0. The summed E-state index contributed by atoms with van der Waals surface area (Å²) in [7, 11) is -3.30.